The number of rotatable bonds is 6. The van der Waals surface area contributed by atoms with Crippen LogP contribution in [0.1, 0.15) is 26.7 Å². The summed E-state index contributed by atoms with van der Waals surface area (Å²) in [7, 11) is 0. The fourth-order valence-electron chi connectivity index (χ4n) is 1.51. The molecule has 0 saturated heterocycles. The van der Waals surface area contributed by atoms with Crippen molar-refractivity contribution in [1.82, 2.24) is 15.0 Å². The maximum absolute atomic E-state index is 5.71. The average Bonchev–Trinajstić information content (AvgIpc) is 2.30. The number of halogens is 2. The monoisotopic (exact) mass is 294 g/mol. The molecule has 1 heterocycles. The number of nitrogens with one attached hydrogen (secondary N) is 1. The molecule has 7 heteroatoms. The van der Waals surface area contributed by atoms with Crippen LogP contribution in [0.5, 0.6) is 0 Å². The second kappa shape index (κ2) is 6.61. The second-order valence-corrected chi connectivity index (χ2v) is 5.60. The van der Waals surface area contributed by atoms with Crippen molar-refractivity contribution in [3.05, 3.63) is 10.6 Å². The van der Waals surface area contributed by atoms with Gasteiger partial charge in [0.15, 0.2) is 0 Å². The van der Waals surface area contributed by atoms with E-state index in [1.807, 2.05) is 11.8 Å². The Bertz CT molecular complexity index is 343. The lowest BCUT2D eigenvalue weighted by Crippen LogP contribution is -2.32. The van der Waals surface area contributed by atoms with Gasteiger partial charge in [-0.2, -0.15) is 26.7 Å². The molecular weight excluding hydrogens is 279 g/mol. The van der Waals surface area contributed by atoms with Crippen molar-refractivity contribution in [3.63, 3.8) is 0 Å². The summed E-state index contributed by atoms with van der Waals surface area (Å²) < 4.78 is 0.186. The average molecular weight is 295 g/mol. The fourth-order valence-corrected chi connectivity index (χ4v) is 2.66. The van der Waals surface area contributed by atoms with Crippen LogP contribution in [-0.4, -0.2) is 32.5 Å². The Morgan fingerprint density at radius 3 is 2.06 bits per heavy atom. The molecule has 1 aromatic rings. The van der Waals surface area contributed by atoms with E-state index >= 15 is 0 Å². The first-order valence-corrected chi connectivity index (χ1v) is 7.39. The summed E-state index contributed by atoms with van der Waals surface area (Å²) in [6.45, 7) is 5.13. The molecule has 0 aliphatic rings. The summed E-state index contributed by atoms with van der Waals surface area (Å²) >= 11 is 13.3. The minimum atomic E-state index is 0.107. The summed E-state index contributed by atoms with van der Waals surface area (Å²) in [6.07, 6.45) is 4.26. The molecule has 1 rings (SSSR count). The Balaban J connectivity index is 2.71. The maximum atomic E-state index is 5.71. The summed E-state index contributed by atoms with van der Waals surface area (Å²) in [5.74, 6) is 0.426. The summed E-state index contributed by atoms with van der Waals surface area (Å²) in [4.78, 5) is 11.7. The quantitative estimate of drug-likeness (QED) is 0.870. The van der Waals surface area contributed by atoms with Crippen molar-refractivity contribution in [2.24, 2.45) is 0 Å². The van der Waals surface area contributed by atoms with Gasteiger partial charge in [0.2, 0.25) is 16.5 Å². The molecule has 0 amide bonds. The van der Waals surface area contributed by atoms with Crippen LogP contribution in [0.3, 0.4) is 0 Å². The highest BCUT2D eigenvalue weighted by Crippen LogP contribution is 2.30. The molecule has 0 fully saturated rings. The van der Waals surface area contributed by atoms with Gasteiger partial charge < -0.3 is 5.32 Å². The van der Waals surface area contributed by atoms with Gasteiger partial charge in [-0.05, 0) is 42.3 Å². The van der Waals surface area contributed by atoms with Gasteiger partial charge >= 0.3 is 0 Å². The minimum absolute atomic E-state index is 0.107. The van der Waals surface area contributed by atoms with Crippen LogP contribution in [0, 0.1) is 0 Å². The SMILES string of the molecule is CCC(CC)(CNc1nc(Cl)nc(Cl)n1)SC. The first-order valence-electron chi connectivity index (χ1n) is 5.41. The van der Waals surface area contributed by atoms with E-state index in [1.165, 1.54) is 0 Å². The first kappa shape index (κ1) is 14.8. The van der Waals surface area contributed by atoms with E-state index in [0.29, 0.717) is 5.95 Å². The Morgan fingerprint density at radius 2 is 1.65 bits per heavy atom. The van der Waals surface area contributed by atoms with E-state index < -0.39 is 0 Å². The molecule has 17 heavy (non-hydrogen) atoms. The fraction of sp³-hybridized carbons (Fsp3) is 0.700. The third kappa shape index (κ3) is 4.16. The van der Waals surface area contributed by atoms with Crippen molar-refractivity contribution in [2.45, 2.75) is 31.4 Å². The third-order valence-electron chi connectivity index (χ3n) is 2.87. The number of anilines is 1. The minimum Gasteiger partial charge on any atom is -0.353 e. The van der Waals surface area contributed by atoms with Gasteiger partial charge in [-0.1, -0.05) is 13.8 Å². The molecule has 0 aliphatic carbocycles. The smallest absolute Gasteiger partial charge is 0.228 e. The lowest BCUT2D eigenvalue weighted by molar-refractivity contribution is 0.573. The molecule has 1 aromatic heterocycles. The van der Waals surface area contributed by atoms with Crippen LogP contribution >= 0.6 is 35.0 Å². The van der Waals surface area contributed by atoms with Gasteiger partial charge in [-0.25, -0.2) is 0 Å². The van der Waals surface area contributed by atoms with Gasteiger partial charge in [0, 0.05) is 11.3 Å². The van der Waals surface area contributed by atoms with Crippen LogP contribution in [-0.2, 0) is 0 Å². The first-order chi connectivity index (χ1) is 8.05. The molecule has 0 spiro atoms. The van der Waals surface area contributed by atoms with Crippen molar-refractivity contribution < 1.29 is 0 Å². The molecular formula is C10H16Cl2N4S. The number of hydrogen-bond acceptors (Lipinski definition) is 5. The Labute approximate surface area is 116 Å². The zero-order valence-corrected chi connectivity index (χ0v) is 12.5. The van der Waals surface area contributed by atoms with E-state index in [-0.39, 0.29) is 15.3 Å². The highest BCUT2D eigenvalue weighted by Gasteiger charge is 2.24. The van der Waals surface area contributed by atoms with Crippen LogP contribution in [0.4, 0.5) is 5.95 Å². The van der Waals surface area contributed by atoms with Crippen molar-refractivity contribution in [2.75, 3.05) is 18.1 Å². The largest absolute Gasteiger partial charge is 0.353 e. The van der Waals surface area contributed by atoms with Crippen LogP contribution in [0.2, 0.25) is 10.6 Å². The third-order valence-corrected chi connectivity index (χ3v) is 4.80. The van der Waals surface area contributed by atoms with Crippen LogP contribution in [0.15, 0.2) is 0 Å². The maximum Gasteiger partial charge on any atom is 0.228 e. The molecule has 0 aromatic carbocycles. The molecule has 4 nitrogen and oxygen atoms in total. The van der Waals surface area contributed by atoms with E-state index in [1.54, 1.807) is 0 Å². The summed E-state index contributed by atoms with van der Waals surface area (Å²) in [5.41, 5.74) is 0. The zero-order chi connectivity index (χ0) is 12.9. The van der Waals surface area contributed by atoms with Gasteiger partial charge in [0.05, 0.1) is 0 Å². The highest BCUT2D eigenvalue weighted by molar-refractivity contribution is 8.00. The van der Waals surface area contributed by atoms with Gasteiger partial charge in [-0.3, -0.25) is 0 Å². The standard InChI is InChI=1S/C10H16Cl2N4S/c1-4-10(5-2,17-3)6-13-9-15-7(11)14-8(12)16-9/h4-6H2,1-3H3,(H,13,14,15,16). The van der Waals surface area contributed by atoms with Gasteiger partial charge in [0.1, 0.15) is 0 Å². The van der Waals surface area contributed by atoms with Gasteiger partial charge in [0.25, 0.3) is 0 Å². The van der Waals surface area contributed by atoms with E-state index in [0.717, 1.165) is 19.4 Å². The molecule has 0 atom stereocenters. The lowest BCUT2D eigenvalue weighted by Gasteiger charge is -2.29. The predicted molar refractivity (Wildman–Crippen MR) is 75.2 cm³/mol. The van der Waals surface area contributed by atoms with E-state index in [9.17, 15) is 0 Å². The molecule has 0 aliphatic heterocycles. The Hall–Kier alpha value is -0.260. The molecule has 0 unspecified atom stereocenters. The molecule has 0 radical (unpaired) electrons. The molecule has 0 bridgehead atoms. The normalized spacial score (nSPS) is 11.6. The van der Waals surface area contributed by atoms with Crippen molar-refractivity contribution in [3.8, 4) is 0 Å². The predicted octanol–water partition coefficient (Wildman–Crippen LogP) is 3.51. The number of aromatic nitrogens is 3. The van der Waals surface area contributed by atoms with Crippen molar-refractivity contribution >= 4 is 40.9 Å². The topological polar surface area (TPSA) is 50.7 Å². The van der Waals surface area contributed by atoms with Crippen LogP contribution in [0.25, 0.3) is 0 Å². The highest BCUT2D eigenvalue weighted by atomic mass is 35.5. The Morgan fingerprint density at radius 1 is 1.12 bits per heavy atom. The number of thioether (sulfide) groups is 1. The van der Waals surface area contributed by atoms with E-state index in [2.05, 4.69) is 40.4 Å². The number of nitrogens with zero attached hydrogens (tertiary/aromatic N) is 3. The zero-order valence-electron chi connectivity index (χ0n) is 10.1. The van der Waals surface area contributed by atoms with Crippen LogP contribution < -0.4 is 5.32 Å². The second-order valence-electron chi connectivity index (χ2n) is 3.64. The van der Waals surface area contributed by atoms with Gasteiger partial charge in [-0.15, -0.1) is 0 Å². The summed E-state index contributed by atoms with van der Waals surface area (Å²) in [6, 6.07) is 0. The summed E-state index contributed by atoms with van der Waals surface area (Å²) in [5, 5.41) is 3.38. The molecule has 1 N–H and O–H groups in total. The number of hydrogen-bond donors (Lipinski definition) is 1. The Kier molecular flexibility index (Phi) is 5.76. The lowest BCUT2D eigenvalue weighted by atomic mass is 10.0. The van der Waals surface area contributed by atoms with Crippen molar-refractivity contribution in [1.29, 1.82) is 0 Å². The molecule has 0 saturated carbocycles. The molecule has 96 valence electrons. The van der Waals surface area contributed by atoms with E-state index in [4.69, 9.17) is 23.2 Å².